The average Bonchev–Trinajstić information content (AvgIpc) is 2.87. The topological polar surface area (TPSA) is 12.0 Å². The van der Waals surface area contributed by atoms with Gasteiger partial charge in [0, 0.05) is 22.8 Å². The predicted octanol–water partition coefficient (Wildman–Crippen LogP) is 4.42. The van der Waals surface area contributed by atoms with E-state index in [0.717, 1.165) is 19.5 Å². The summed E-state index contributed by atoms with van der Waals surface area (Å²) >= 11 is 7.12. The van der Waals surface area contributed by atoms with Gasteiger partial charge in [-0.3, -0.25) is 0 Å². The quantitative estimate of drug-likeness (QED) is 0.861. The third kappa shape index (κ3) is 3.17. The Balaban J connectivity index is 1.84. The maximum atomic E-state index is 3.49. The van der Waals surface area contributed by atoms with Crippen molar-refractivity contribution in [2.24, 2.45) is 0 Å². The maximum Gasteiger partial charge on any atom is 0.0701 e. The summed E-state index contributed by atoms with van der Waals surface area (Å²) in [4.78, 5) is 2.85. The molecule has 0 aromatic carbocycles. The highest BCUT2D eigenvalue weighted by atomic mass is 79.9. The zero-order valence-electron chi connectivity index (χ0n) is 9.13. The second-order valence-corrected chi connectivity index (χ2v) is 7.08. The molecule has 1 N–H and O–H groups in total. The molecule has 0 saturated carbocycles. The molecule has 16 heavy (non-hydrogen) atoms. The number of nitrogens with one attached hydrogen (secondary N) is 1. The second-order valence-electron chi connectivity index (χ2n) is 3.53. The smallest absolute Gasteiger partial charge is 0.0701 e. The Bertz CT molecular complexity index is 447. The number of rotatable bonds is 5. The molecule has 0 fully saturated rings. The normalized spacial score (nSPS) is 10.9. The van der Waals surface area contributed by atoms with E-state index >= 15 is 0 Å². The number of hydrogen-bond acceptors (Lipinski definition) is 3. The first-order valence-electron chi connectivity index (χ1n) is 5.29. The second kappa shape index (κ2) is 5.96. The first-order chi connectivity index (χ1) is 7.79. The van der Waals surface area contributed by atoms with Gasteiger partial charge in [-0.15, -0.1) is 22.7 Å². The Morgan fingerprint density at radius 3 is 2.81 bits per heavy atom. The number of thiophene rings is 2. The minimum absolute atomic E-state index is 0.956. The monoisotopic (exact) mass is 315 g/mol. The Hall–Kier alpha value is -0.160. The molecule has 86 valence electrons. The molecule has 2 heterocycles. The lowest BCUT2D eigenvalue weighted by molar-refractivity contribution is 0.704. The fraction of sp³-hybridized carbons (Fsp3) is 0.333. The summed E-state index contributed by atoms with van der Waals surface area (Å²) in [5.41, 5.74) is 1.48. The van der Waals surface area contributed by atoms with Crippen LogP contribution in [0.4, 0.5) is 0 Å². The van der Waals surface area contributed by atoms with Crippen molar-refractivity contribution in [3.63, 3.8) is 0 Å². The van der Waals surface area contributed by atoms with E-state index in [1.54, 1.807) is 11.3 Å². The van der Waals surface area contributed by atoms with Gasteiger partial charge < -0.3 is 5.32 Å². The van der Waals surface area contributed by atoms with E-state index in [0.29, 0.717) is 0 Å². The molecular formula is C12H14BrNS2. The van der Waals surface area contributed by atoms with E-state index in [9.17, 15) is 0 Å². The number of aryl methyl sites for hydroxylation is 1. The van der Waals surface area contributed by atoms with E-state index in [1.165, 1.54) is 19.1 Å². The van der Waals surface area contributed by atoms with E-state index in [2.05, 4.69) is 51.7 Å². The lowest BCUT2D eigenvalue weighted by Crippen LogP contribution is -2.11. The van der Waals surface area contributed by atoms with Gasteiger partial charge in [-0.2, -0.15) is 0 Å². The highest BCUT2D eigenvalue weighted by Crippen LogP contribution is 2.22. The molecule has 0 radical (unpaired) electrons. The van der Waals surface area contributed by atoms with Gasteiger partial charge in [-0.05, 0) is 51.5 Å². The van der Waals surface area contributed by atoms with Crippen LogP contribution < -0.4 is 5.32 Å². The Kier molecular flexibility index (Phi) is 4.58. The molecular weight excluding hydrogens is 302 g/mol. The molecule has 2 aromatic rings. The molecule has 0 aliphatic carbocycles. The van der Waals surface area contributed by atoms with Crippen LogP contribution in [0.15, 0.2) is 27.4 Å². The van der Waals surface area contributed by atoms with Crippen LogP contribution in [-0.4, -0.2) is 0 Å². The Labute approximate surface area is 113 Å². The van der Waals surface area contributed by atoms with Crippen LogP contribution in [0.3, 0.4) is 0 Å². The fourth-order valence-electron chi connectivity index (χ4n) is 1.58. The number of halogens is 1. The van der Waals surface area contributed by atoms with Gasteiger partial charge in [0.05, 0.1) is 3.79 Å². The lowest BCUT2D eigenvalue weighted by Gasteiger charge is -2.03. The zero-order chi connectivity index (χ0) is 11.4. The zero-order valence-corrected chi connectivity index (χ0v) is 12.3. The first kappa shape index (κ1) is 12.3. The summed E-state index contributed by atoms with van der Waals surface area (Å²) < 4.78 is 1.20. The summed E-state index contributed by atoms with van der Waals surface area (Å²) in [6, 6.07) is 6.49. The van der Waals surface area contributed by atoms with Gasteiger partial charge in [-0.1, -0.05) is 6.92 Å². The average molecular weight is 316 g/mol. The third-order valence-corrected chi connectivity index (χ3v) is 5.02. The molecule has 0 saturated heterocycles. The van der Waals surface area contributed by atoms with Gasteiger partial charge in [0.25, 0.3) is 0 Å². The molecule has 2 rings (SSSR count). The Morgan fingerprint density at radius 1 is 1.25 bits per heavy atom. The van der Waals surface area contributed by atoms with Crippen molar-refractivity contribution in [1.29, 1.82) is 0 Å². The van der Waals surface area contributed by atoms with Crippen LogP contribution >= 0.6 is 38.6 Å². The fourth-order valence-corrected chi connectivity index (χ4v) is 3.98. The van der Waals surface area contributed by atoms with Gasteiger partial charge >= 0.3 is 0 Å². The van der Waals surface area contributed by atoms with E-state index in [-0.39, 0.29) is 0 Å². The summed E-state index contributed by atoms with van der Waals surface area (Å²) in [5.74, 6) is 0. The van der Waals surface area contributed by atoms with Crippen molar-refractivity contribution >= 4 is 38.6 Å². The van der Waals surface area contributed by atoms with Crippen LogP contribution in [0.25, 0.3) is 0 Å². The van der Waals surface area contributed by atoms with Crippen LogP contribution in [0.2, 0.25) is 0 Å². The van der Waals surface area contributed by atoms with Crippen molar-refractivity contribution in [2.75, 3.05) is 0 Å². The summed E-state index contributed by atoms with van der Waals surface area (Å²) in [5, 5.41) is 5.67. The number of hydrogen-bond donors (Lipinski definition) is 1. The molecule has 0 unspecified atom stereocenters. The van der Waals surface area contributed by atoms with Crippen molar-refractivity contribution in [3.8, 4) is 0 Å². The third-order valence-electron chi connectivity index (χ3n) is 2.43. The predicted molar refractivity (Wildman–Crippen MR) is 76.3 cm³/mol. The van der Waals surface area contributed by atoms with Crippen molar-refractivity contribution in [1.82, 2.24) is 5.32 Å². The van der Waals surface area contributed by atoms with E-state index in [4.69, 9.17) is 0 Å². The van der Waals surface area contributed by atoms with Gasteiger partial charge in [0.2, 0.25) is 0 Å². The molecule has 0 aliphatic rings. The molecule has 0 spiro atoms. The molecule has 2 aromatic heterocycles. The van der Waals surface area contributed by atoms with Crippen LogP contribution in [0, 0.1) is 0 Å². The van der Waals surface area contributed by atoms with Crippen molar-refractivity contribution in [3.05, 3.63) is 42.7 Å². The maximum absolute atomic E-state index is 3.49. The van der Waals surface area contributed by atoms with Gasteiger partial charge in [0.15, 0.2) is 0 Å². The SMILES string of the molecule is CCc1ccsc1CNCc1ccc(Br)s1. The van der Waals surface area contributed by atoms with Crippen LogP contribution in [-0.2, 0) is 19.5 Å². The first-order valence-corrected chi connectivity index (χ1v) is 7.78. The van der Waals surface area contributed by atoms with E-state index in [1.807, 2.05) is 11.3 Å². The minimum Gasteiger partial charge on any atom is -0.307 e. The van der Waals surface area contributed by atoms with Gasteiger partial charge in [0.1, 0.15) is 0 Å². The Morgan fingerprint density at radius 2 is 2.12 bits per heavy atom. The highest BCUT2D eigenvalue weighted by molar-refractivity contribution is 9.11. The molecule has 1 nitrogen and oxygen atoms in total. The summed E-state index contributed by atoms with van der Waals surface area (Å²) in [6.45, 7) is 4.15. The molecule has 0 bridgehead atoms. The standard InChI is InChI=1S/C12H14BrNS2/c1-2-9-5-6-15-11(9)8-14-7-10-3-4-12(13)16-10/h3-6,14H,2,7-8H2,1H3. The molecule has 0 atom stereocenters. The van der Waals surface area contributed by atoms with Crippen molar-refractivity contribution in [2.45, 2.75) is 26.4 Å². The summed E-state index contributed by atoms with van der Waals surface area (Å²) in [7, 11) is 0. The van der Waals surface area contributed by atoms with E-state index < -0.39 is 0 Å². The highest BCUT2D eigenvalue weighted by Gasteiger charge is 2.02. The largest absolute Gasteiger partial charge is 0.307 e. The lowest BCUT2D eigenvalue weighted by atomic mass is 10.2. The molecule has 4 heteroatoms. The van der Waals surface area contributed by atoms with Gasteiger partial charge in [-0.25, -0.2) is 0 Å². The van der Waals surface area contributed by atoms with Crippen molar-refractivity contribution < 1.29 is 0 Å². The molecule has 0 aliphatic heterocycles. The summed E-state index contributed by atoms with van der Waals surface area (Å²) in [6.07, 6.45) is 1.13. The molecule has 0 amide bonds. The van der Waals surface area contributed by atoms with Crippen LogP contribution in [0.1, 0.15) is 22.2 Å². The van der Waals surface area contributed by atoms with Crippen LogP contribution in [0.5, 0.6) is 0 Å². The minimum atomic E-state index is 0.956.